The molecule has 0 atom stereocenters. The summed E-state index contributed by atoms with van der Waals surface area (Å²) in [5.41, 5.74) is 0.880. The monoisotopic (exact) mass is 271 g/mol. The smallest absolute Gasteiger partial charge is 0.303 e. The number of methoxy groups -OCH3 is 1. The largest absolute Gasteiger partial charge is 0.481 e. The van der Waals surface area contributed by atoms with Crippen LogP contribution in [0.5, 0.6) is 0 Å². The Bertz CT molecular complexity index is 403. The SMILES string of the molecule is COCc1ccsc1C(=O)NCCCCC(=O)O. The number of aliphatic carboxylic acids is 1. The summed E-state index contributed by atoms with van der Waals surface area (Å²) in [6, 6.07) is 1.87. The van der Waals surface area contributed by atoms with Gasteiger partial charge in [0.05, 0.1) is 11.5 Å². The maximum Gasteiger partial charge on any atom is 0.303 e. The predicted molar refractivity (Wildman–Crippen MR) is 68.9 cm³/mol. The summed E-state index contributed by atoms with van der Waals surface area (Å²) in [4.78, 5) is 22.8. The van der Waals surface area contributed by atoms with E-state index in [-0.39, 0.29) is 12.3 Å². The van der Waals surface area contributed by atoms with Gasteiger partial charge in [-0.15, -0.1) is 11.3 Å². The fourth-order valence-electron chi connectivity index (χ4n) is 1.49. The number of carbonyl (C=O) groups is 2. The zero-order valence-electron chi connectivity index (χ0n) is 10.3. The lowest BCUT2D eigenvalue weighted by atomic mass is 10.2. The minimum atomic E-state index is -0.804. The van der Waals surface area contributed by atoms with Gasteiger partial charge in [-0.1, -0.05) is 0 Å². The van der Waals surface area contributed by atoms with Crippen LogP contribution in [0.4, 0.5) is 0 Å². The molecule has 0 aliphatic rings. The van der Waals surface area contributed by atoms with E-state index < -0.39 is 5.97 Å². The number of thiophene rings is 1. The summed E-state index contributed by atoms with van der Waals surface area (Å²) in [5, 5.41) is 13.1. The molecular formula is C12H17NO4S. The third kappa shape index (κ3) is 4.85. The van der Waals surface area contributed by atoms with Crippen molar-refractivity contribution < 1.29 is 19.4 Å². The number of carbonyl (C=O) groups excluding carboxylic acids is 1. The van der Waals surface area contributed by atoms with E-state index in [1.54, 1.807) is 7.11 Å². The number of carboxylic acid groups (broad SMARTS) is 1. The molecule has 18 heavy (non-hydrogen) atoms. The van der Waals surface area contributed by atoms with Gasteiger partial charge in [0.15, 0.2) is 0 Å². The van der Waals surface area contributed by atoms with E-state index in [1.165, 1.54) is 11.3 Å². The molecular weight excluding hydrogens is 254 g/mol. The number of hydrogen-bond acceptors (Lipinski definition) is 4. The van der Waals surface area contributed by atoms with Crippen LogP contribution in [0.3, 0.4) is 0 Å². The van der Waals surface area contributed by atoms with Crippen molar-refractivity contribution in [2.24, 2.45) is 0 Å². The Labute approximate surface area is 110 Å². The molecule has 0 aliphatic heterocycles. The molecule has 100 valence electrons. The number of amides is 1. The maximum absolute atomic E-state index is 11.8. The van der Waals surface area contributed by atoms with Crippen LogP contribution in [0.25, 0.3) is 0 Å². The van der Waals surface area contributed by atoms with Crippen molar-refractivity contribution in [2.45, 2.75) is 25.9 Å². The number of ether oxygens (including phenoxy) is 1. The van der Waals surface area contributed by atoms with E-state index in [0.29, 0.717) is 30.9 Å². The maximum atomic E-state index is 11.8. The highest BCUT2D eigenvalue weighted by Crippen LogP contribution is 2.17. The van der Waals surface area contributed by atoms with Gasteiger partial charge >= 0.3 is 5.97 Å². The van der Waals surface area contributed by atoms with Crippen molar-refractivity contribution in [3.8, 4) is 0 Å². The van der Waals surface area contributed by atoms with Crippen LogP contribution >= 0.6 is 11.3 Å². The van der Waals surface area contributed by atoms with Crippen LogP contribution in [0.2, 0.25) is 0 Å². The molecule has 5 nitrogen and oxygen atoms in total. The lowest BCUT2D eigenvalue weighted by molar-refractivity contribution is -0.137. The molecule has 0 aliphatic carbocycles. The molecule has 0 saturated carbocycles. The number of hydrogen-bond donors (Lipinski definition) is 2. The average Bonchev–Trinajstić information content (AvgIpc) is 2.77. The summed E-state index contributed by atoms with van der Waals surface area (Å²) < 4.78 is 5.01. The van der Waals surface area contributed by atoms with Crippen molar-refractivity contribution in [3.05, 3.63) is 21.9 Å². The summed E-state index contributed by atoms with van der Waals surface area (Å²) in [5.74, 6) is -0.922. The van der Waals surface area contributed by atoms with Crippen molar-refractivity contribution >= 4 is 23.2 Å². The first kappa shape index (κ1) is 14.7. The molecule has 1 rings (SSSR count). The highest BCUT2D eigenvalue weighted by atomic mass is 32.1. The molecule has 0 radical (unpaired) electrons. The normalized spacial score (nSPS) is 10.3. The minimum Gasteiger partial charge on any atom is -0.481 e. The molecule has 0 bridgehead atoms. The number of carboxylic acids is 1. The molecule has 0 spiro atoms. The van der Waals surface area contributed by atoms with E-state index in [9.17, 15) is 9.59 Å². The lowest BCUT2D eigenvalue weighted by Gasteiger charge is -2.05. The third-order valence-electron chi connectivity index (χ3n) is 2.36. The second-order valence-corrected chi connectivity index (χ2v) is 4.73. The predicted octanol–water partition coefficient (Wildman–Crippen LogP) is 1.88. The Morgan fingerprint density at radius 2 is 2.22 bits per heavy atom. The van der Waals surface area contributed by atoms with Gasteiger partial charge in [-0.05, 0) is 24.3 Å². The first-order valence-corrected chi connectivity index (χ1v) is 6.58. The molecule has 6 heteroatoms. The third-order valence-corrected chi connectivity index (χ3v) is 3.31. The standard InChI is InChI=1S/C12H17NO4S/c1-17-8-9-5-7-18-11(9)12(16)13-6-3-2-4-10(14)15/h5,7H,2-4,6,8H2,1H3,(H,13,16)(H,14,15). The van der Waals surface area contributed by atoms with Crippen LogP contribution in [0.1, 0.15) is 34.5 Å². The fourth-order valence-corrected chi connectivity index (χ4v) is 2.31. The number of unbranched alkanes of at least 4 members (excludes halogenated alkanes) is 1. The molecule has 1 aromatic rings. The Morgan fingerprint density at radius 3 is 2.89 bits per heavy atom. The van der Waals surface area contributed by atoms with Gasteiger partial charge in [-0.3, -0.25) is 9.59 Å². The quantitative estimate of drug-likeness (QED) is 0.708. The second-order valence-electron chi connectivity index (χ2n) is 3.81. The summed E-state index contributed by atoms with van der Waals surface area (Å²) >= 11 is 1.38. The van der Waals surface area contributed by atoms with Crippen LogP contribution in [0, 0.1) is 0 Å². The molecule has 1 aromatic heterocycles. The van der Waals surface area contributed by atoms with Gasteiger partial charge < -0.3 is 15.2 Å². The fraction of sp³-hybridized carbons (Fsp3) is 0.500. The molecule has 0 fully saturated rings. The number of nitrogens with one attached hydrogen (secondary N) is 1. The van der Waals surface area contributed by atoms with Crippen LogP contribution in [-0.2, 0) is 16.1 Å². The van der Waals surface area contributed by atoms with E-state index in [2.05, 4.69) is 5.32 Å². The molecule has 2 N–H and O–H groups in total. The molecule has 1 amide bonds. The van der Waals surface area contributed by atoms with Gasteiger partial charge in [0.25, 0.3) is 5.91 Å². The first-order valence-electron chi connectivity index (χ1n) is 5.70. The van der Waals surface area contributed by atoms with Gasteiger partial charge in [0.2, 0.25) is 0 Å². The van der Waals surface area contributed by atoms with Crippen molar-refractivity contribution in [1.29, 1.82) is 0 Å². The van der Waals surface area contributed by atoms with Gasteiger partial charge in [-0.2, -0.15) is 0 Å². The second kappa shape index (κ2) is 7.84. The van der Waals surface area contributed by atoms with E-state index >= 15 is 0 Å². The molecule has 0 saturated heterocycles. The first-order chi connectivity index (χ1) is 8.65. The minimum absolute atomic E-state index is 0.118. The Kier molecular flexibility index (Phi) is 6.38. The van der Waals surface area contributed by atoms with Gasteiger partial charge in [0.1, 0.15) is 0 Å². The summed E-state index contributed by atoms with van der Waals surface area (Å²) in [7, 11) is 1.59. The van der Waals surface area contributed by atoms with E-state index in [1.807, 2.05) is 11.4 Å². The van der Waals surface area contributed by atoms with E-state index in [4.69, 9.17) is 9.84 Å². The van der Waals surface area contributed by atoms with Crippen molar-refractivity contribution in [2.75, 3.05) is 13.7 Å². The van der Waals surface area contributed by atoms with Crippen molar-refractivity contribution in [3.63, 3.8) is 0 Å². The zero-order valence-corrected chi connectivity index (χ0v) is 11.1. The Balaban J connectivity index is 2.31. The lowest BCUT2D eigenvalue weighted by Crippen LogP contribution is -2.24. The van der Waals surface area contributed by atoms with Crippen LogP contribution in [-0.4, -0.2) is 30.6 Å². The number of rotatable bonds is 8. The Hall–Kier alpha value is -1.40. The highest BCUT2D eigenvalue weighted by molar-refractivity contribution is 7.12. The van der Waals surface area contributed by atoms with Crippen LogP contribution < -0.4 is 5.32 Å². The molecule has 0 unspecified atom stereocenters. The zero-order chi connectivity index (χ0) is 13.4. The van der Waals surface area contributed by atoms with E-state index in [0.717, 1.165) is 5.56 Å². The van der Waals surface area contributed by atoms with Crippen LogP contribution in [0.15, 0.2) is 11.4 Å². The average molecular weight is 271 g/mol. The Morgan fingerprint density at radius 1 is 1.44 bits per heavy atom. The highest BCUT2D eigenvalue weighted by Gasteiger charge is 2.12. The van der Waals surface area contributed by atoms with Gasteiger partial charge in [-0.25, -0.2) is 0 Å². The molecule has 0 aromatic carbocycles. The topological polar surface area (TPSA) is 75.6 Å². The van der Waals surface area contributed by atoms with Crippen molar-refractivity contribution in [1.82, 2.24) is 5.32 Å². The molecule has 1 heterocycles. The van der Waals surface area contributed by atoms with Gasteiger partial charge in [0, 0.05) is 25.6 Å². The summed E-state index contributed by atoms with van der Waals surface area (Å²) in [6.45, 7) is 0.918. The summed E-state index contributed by atoms with van der Waals surface area (Å²) in [6.07, 6.45) is 1.39.